The number of thiazole rings is 1. The Bertz CT molecular complexity index is 646. The zero-order valence-electron chi connectivity index (χ0n) is 10.6. The molecule has 2 rings (SSSR count). The topological polar surface area (TPSA) is 71.1 Å². The van der Waals surface area contributed by atoms with Crippen LogP contribution in [0.1, 0.15) is 16.7 Å². The van der Waals surface area contributed by atoms with E-state index in [1.807, 2.05) is 13.8 Å². The van der Waals surface area contributed by atoms with E-state index in [1.54, 1.807) is 17.6 Å². The van der Waals surface area contributed by atoms with E-state index in [0.717, 1.165) is 16.3 Å². The highest BCUT2D eigenvalue weighted by Gasteiger charge is 2.17. The molecule has 0 amide bonds. The van der Waals surface area contributed by atoms with Crippen LogP contribution >= 0.6 is 22.7 Å². The van der Waals surface area contributed by atoms with Gasteiger partial charge in [0.15, 0.2) is 5.13 Å². The van der Waals surface area contributed by atoms with E-state index in [-0.39, 0.29) is 0 Å². The number of thiophene rings is 1. The first-order valence-corrected chi connectivity index (χ1v) is 8.92. The van der Waals surface area contributed by atoms with Gasteiger partial charge in [-0.15, -0.1) is 22.7 Å². The predicted octanol–water partition coefficient (Wildman–Crippen LogP) is 2.42. The van der Waals surface area contributed by atoms with Gasteiger partial charge < -0.3 is 5.32 Å². The molecule has 0 spiro atoms. The number of anilines is 1. The number of nitrogens with zero attached hydrogens (tertiary/aromatic N) is 1. The fourth-order valence-corrected chi connectivity index (χ4v) is 4.57. The molecule has 0 saturated heterocycles. The van der Waals surface area contributed by atoms with Crippen molar-refractivity contribution in [1.82, 2.24) is 10.3 Å². The fraction of sp³-hybridized carbons (Fsp3) is 0.364. The van der Waals surface area contributed by atoms with Crippen LogP contribution in [0.4, 0.5) is 5.13 Å². The van der Waals surface area contributed by atoms with Crippen LogP contribution in [-0.4, -0.2) is 19.9 Å². The molecule has 0 radical (unpaired) electrons. The van der Waals surface area contributed by atoms with E-state index in [0.29, 0.717) is 16.6 Å². The van der Waals surface area contributed by atoms with Crippen molar-refractivity contribution in [3.8, 4) is 0 Å². The van der Waals surface area contributed by atoms with Gasteiger partial charge in [-0.05, 0) is 19.5 Å². The number of aryl methyl sites for hydroxylation is 1. The Morgan fingerprint density at radius 3 is 2.84 bits per heavy atom. The normalized spacial score (nSPS) is 11.7. The summed E-state index contributed by atoms with van der Waals surface area (Å²) in [6.07, 6.45) is 1.65. The van der Waals surface area contributed by atoms with Gasteiger partial charge in [-0.1, -0.05) is 6.92 Å². The second-order valence-electron chi connectivity index (χ2n) is 3.91. The molecular weight excluding hydrogens is 302 g/mol. The molecule has 8 heteroatoms. The smallest absolute Gasteiger partial charge is 0.264 e. The maximum atomic E-state index is 12.1. The van der Waals surface area contributed by atoms with Crippen LogP contribution < -0.4 is 10.0 Å². The van der Waals surface area contributed by atoms with Crippen LogP contribution in [0.25, 0.3) is 0 Å². The van der Waals surface area contributed by atoms with Crippen LogP contribution in [0.2, 0.25) is 0 Å². The van der Waals surface area contributed by atoms with Crippen molar-refractivity contribution in [3.05, 3.63) is 27.4 Å². The third kappa shape index (κ3) is 3.75. The lowest BCUT2D eigenvalue weighted by Crippen LogP contribution is -2.12. The second-order valence-corrected chi connectivity index (χ2v) is 7.82. The van der Waals surface area contributed by atoms with Crippen LogP contribution in [0.5, 0.6) is 0 Å². The molecule has 0 fully saturated rings. The highest BCUT2D eigenvalue weighted by Crippen LogP contribution is 2.24. The molecule has 0 aromatic carbocycles. The maximum absolute atomic E-state index is 12.1. The Morgan fingerprint density at radius 1 is 1.42 bits per heavy atom. The van der Waals surface area contributed by atoms with E-state index in [2.05, 4.69) is 15.0 Å². The summed E-state index contributed by atoms with van der Waals surface area (Å²) in [5.41, 5.74) is 0. The molecule has 104 valence electrons. The van der Waals surface area contributed by atoms with Gasteiger partial charge in [0, 0.05) is 27.9 Å². The highest BCUT2D eigenvalue weighted by atomic mass is 32.2. The van der Waals surface area contributed by atoms with Crippen molar-refractivity contribution in [1.29, 1.82) is 0 Å². The molecule has 2 N–H and O–H groups in total. The number of nitrogens with one attached hydrogen (secondary N) is 2. The summed E-state index contributed by atoms with van der Waals surface area (Å²) in [6, 6.07) is 1.69. The zero-order chi connectivity index (χ0) is 13.9. The zero-order valence-corrected chi connectivity index (χ0v) is 13.1. The summed E-state index contributed by atoms with van der Waals surface area (Å²) >= 11 is 2.75. The molecular formula is C11H15N3O2S3. The van der Waals surface area contributed by atoms with E-state index >= 15 is 0 Å². The number of sulfonamides is 1. The average molecular weight is 317 g/mol. The Balaban J connectivity index is 2.13. The van der Waals surface area contributed by atoms with Crippen molar-refractivity contribution < 1.29 is 8.42 Å². The summed E-state index contributed by atoms with van der Waals surface area (Å²) in [5, 5.41) is 5.22. The summed E-state index contributed by atoms with van der Waals surface area (Å²) in [6.45, 7) is 5.44. The first-order chi connectivity index (χ1) is 9.01. The lowest BCUT2D eigenvalue weighted by atomic mass is 10.4. The molecule has 2 heterocycles. The first-order valence-electron chi connectivity index (χ1n) is 5.74. The second kappa shape index (κ2) is 6.00. The molecule has 0 atom stereocenters. The van der Waals surface area contributed by atoms with Gasteiger partial charge in [-0.25, -0.2) is 13.4 Å². The number of rotatable bonds is 6. The summed E-state index contributed by atoms with van der Waals surface area (Å²) in [4.78, 5) is 6.26. The molecule has 19 heavy (non-hydrogen) atoms. The SMILES string of the molecule is CCNCc1cc(S(=O)(=O)Nc2ncc(C)s2)cs1. The molecule has 0 aliphatic carbocycles. The Hall–Kier alpha value is -0.960. The Labute approximate surface area is 120 Å². The molecule has 0 bridgehead atoms. The van der Waals surface area contributed by atoms with Gasteiger partial charge in [0.25, 0.3) is 10.0 Å². The van der Waals surface area contributed by atoms with Crippen LogP contribution in [0.15, 0.2) is 22.5 Å². The predicted molar refractivity (Wildman–Crippen MR) is 79.4 cm³/mol. The molecule has 5 nitrogen and oxygen atoms in total. The first kappa shape index (κ1) is 14.4. The maximum Gasteiger partial charge on any atom is 0.264 e. The minimum Gasteiger partial charge on any atom is -0.312 e. The molecule has 2 aromatic rings. The Kier molecular flexibility index (Phi) is 4.56. The van der Waals surface area contributed by atoms with Gasteiger partial charge in [0.05, 0.1) is 4.90 Å². The quantitative estimate of drug-likeness (QED) is 0.858. The third-order valence-corrected chi connectivity index (χ3v) is 5.69. The monoisotopic (exact) mass is 317 g/mol. The minimum absolute atomic E-state index is 0.290. The molecule has 0 unspecified atom stereocenters. The molecule has 0 aliphatic rings. The standard InChI is InChI=1S/C11H15N3O2S3/c1-3-12-6-9-4-10(7-17-9)19(15,16)14-11-13-5-8(2)18-11/h4-5,7,12H,3,6H2,1-2H3,(H,13,14). The lowest BCUT2D eigenvalue weighted by molar-refractivity contribution is 0.601. The summed E-state index contributed by atoms with van der Waals surface area (Å²) in [7, 11) is -3.52. The van der Waals surface area contributed by atoms with Crippen LogP contribution in [-0.2, 0) is 16.6 Å². The highest BCUT2D eigenvalue weighted by molar-refractivity contribution is 7.93. The number of hydrogen-bond acceptors (Lipinski definition) is 6. The number of aromatic nitrogens is 1. The van der Waals surface area contributed by atoms with E-state index in [1.165, 1.54) is 22.7 Å². The van der Waals surface area contributed by atoms with E-state index in [4.69, 9.17) is 0 Å². The van der Waals surface area contributed by atoms with Crippen molar-refractivity contribution >= 4 is 37.8 Å². The van der Waals surface area contributed by atoms with Crippen molar-refractivity contribution in [2.75, 3.05) is 11.3 Å². The van der Waals surface area contributed by atoms with E-state index in [9.17, 15) is 8.42 Å². The van der Waals surface area contributed by atoms with Gasteiger partial charge >= 0.3 is 0 Å². The summed E-state index contributed by atoms with van der Waals surface area (Å²) in [5.74, 6) is 0. The van der Waals surface area contributed by atoms with Gasteiger partial charge in [-0.2, -0.15) is 0 Å². The van der Waals surface area contributed by atoms with Crippen LogP contribution in [0, 0.1) is 6.92 Å². The third-order valence-electron chi connectivity index (χ3n) is 2.33. The van der Waals surface area contributed by atoms with Crippen molar-refractivity contribution in [2.24, 2.45) is 0 Å². The number of hydrogen-bond donors (Lipinski definition) is 2. The minimum atomic E-state index is -3.52. The fourth-order valence-electron chi connectivity index (χ4n) is 1.42. The van der Waals surface area contributed by atoms with Gasteiger partial charge in [0.1, 0.15) is 0 Å². The molecule has 0 saturated carbocycles. The Morgan fingerprint density at radius 2 is 2.21 bits per heavy atom. The summed E-state index contributed by atoms with van der Waals surface area (Å²) < 4.78 is 26.8. The van der Waals surface area contributed by atoms with Gasteiger partial charge in [-0.3, -0.25) is 4.72 Å². The molecule has 0 aliphatic heterocycles. The van der Waals surface area contributed by atoms with E-state index < -0.39 is 10.0 Å². The van der Waals surface area contributed by atoms with Gasteiger partial charge in [0.2, 0.25) is 0 Å². The van der Waals surface area contributed by atoms with Crippen molar-refractivity contribution in [2.45, 2.75) is 25.3 Å². The molecule has 2 aromatic heterocycles. The van der Waals surface area contributed by atoms with Crippen molar-refractivity contribution in [3.63, 3.8) is 0 Å². The lowest BCUT2D eigenvalue weighted by Gasteiger charge is -2.02. The largest absolute Gasteiger partial charge is 0.312 e. The van der Waals surface area contributed by atoms with Crippen LogP contribution in [0.3, 0.4) is 0 Å². The average Bonchev–Trinajstić information content (AvgIpc) is 2.95.